The van der Waals surface area contributed by atoms with E-state index in [2.05, 4.69) is 33.6 Å². The van der Waals surface area contributed by atoms with E-state index in [9.17, 15) is 41.5 Å². The van der Waals surface area contributed by atoms with Gasteiger partial charge in [-0.15, -0.1) is 0 Å². The summed E-state index contributed by atoms with van der Waals surface area (Å²) in [7, 11) is 3.55. The minimum atomic E-state index is -0.760. The van der Waals surface area contributed by atoms with Crippen LogP contribution in [0.25, 0.3) is 0 Å². The number of nitrogens with one attached hydrogen (secondary N) is 5. The Morgan fingerprint density at radius 3 is 1.63 bits per heavy atom. The number of benzene rings is 5. The van der Waals surface area contributed by atoms with Crippen LogP contribution in [0.15, 0.2) is 109 Å². The summed E-state index contributed by atoms with van der Waals surface area (Å²) in [6.45, 7) is 6.79. The predicted octanol–water partition coefficient (Wildman–Crippen LogP) is 6.75. The Morgan fingerprint density at radius 2 is 1.17 bits per heavy atom. The molecule has 17 heteroatoms. The summed E-state index contributed by atoms with van der Waals surface area (Å²) >= 11 is 0. The summed E-state index contributed by atoms with van der Waals surface area (Å²) in [6, 6.07) is 26.8. The number of halogens is 4. The van der Waals surface area contributed by atoms with Crippen LogP contribution < -0.4 is 31.4 Å². The van der Waals surface area contributed by atoms with Crippen LogP contribution in [0.1, 0.15) is 53.4 Å². The fourth-order valence-electron chi connectivity index (χ4n) is 6.16. The van der Waals surface area contributed by atoms with E-state index in [1.807, 2.05) is 62.4 Å². The van der Waals surface area contributed by atoms with Gasteiger partial charge in [-0.2, -0.15) is 0 Å². The second-order valence-electron chi connectivity index (χ2n) is 14.2. The van der Waals surface area contributed by atoms with E-state index in [-0.39, 0.29) is 31.2 Å². The highest BCUT2D eigenvalue weighted by Crippen LogP contribution is 2.16. The number of carbonyl (C=O) groups excluding carboxylic acids is 6. The van der Waals surface area contributed by atoms with E-state index >= 15 is 0 Å². The molecule has 0 saturated carbocycles. The number of hydrogen-bond donors (Lipinski definition) is 5. The van der Waals surface area contributed by atoms with Gasteiger partial charge in [-0.25, -0.2) is 22.6 Å². The maximum Gasteiger partial charge on any atom is 0.273 e. The summed E-state index contributed by atoms with van der Waals surface area (Å²) < 4.78 is 58.9. The number of hydrazine groups is 1. The average molecular weight is 903 g/mol. The van der Waals surface area contributed by atoms with Crippen molar-refractivity contribution in [3.05, 3.63) is 160 Å². The fraction of sp³-hybridized carbons (Fsp3) is 0.250. The minimum absolute atomic E-state index is 0.0536. The maximum atomic E-state index is 13.5. The molecule has 0 heterocycles. The van der Waals surface area contributed by atoms with Crippen molar-refractivity contribution in [2.45, 2.75) is 58.5 Å². The zero-order chi connectivity index (χ0) is 48.3. The maximum absolute atomic E-state index is 13.5. The van der Waals surface area contributed by atoms with Gasteiger partial charge in [0.05, 0.1) is 13.5 Å². The first-order chi connectivity index (χ1) is 31.2. The molecule has 5 aromatic carbocycles. The molecule has 346 valence electrons. The van der Waals surface area contributed by atoms with E-state index in [4.69, 9.17) is 9.53 Å². The van der Waals surface area contributed by atoms with E-state index < -0.39 is 59.6 Å². The van der Waals surface area contributed by atoms with Crippen LogP contribution in [0.2, 0.25) is 0 Å². The normalized spacial score (nSPS) is 10.8. The number of nitrogens with zero attached hydrogens (tertiary/aromatic N) is 1. The molecule has 0 fully saturated rings. The lowest BCUT2D eigenvalue weighted by Crippen LogP contribution is -2.49. The molecule has 5 amide bonds. The van der Waals surface area contributed by atoms with Gasteiger partial charge in [0.25, 0.3) is 5.91 Å². The number of amides is 5. The highest BCUT2D eigenvalue weighted by molar-refractivity contribution is 5.99. The molecule has 13 nitrogen and oxygen atoms in total. The Bertz CT molecular complexity index is 2220. The van der Waals surface area contributed by atoms with E-state index in [0.29, 0.717) is 23.1 Å². The minimum Gasteiger partial charge on any atom is -0.497 e. The zero-order valence-corrected chi connectivity index (χ0v) is 36.8. The Balaban J connectivity index is 0.000000509. The summed E-state index contributed by atoms with van der Waals surface area (Å²) in [5, 5.41) is 11.7. The summed E-state index contributed by atoms with van der Waals surface area (Å²) in [6.07, 6.45) is 1.98. The van der Waals surface area contributed by atoms with Crippen molar-refractivity contribution in [2.75, 3.05) is 31.3 Å². The Morgan fingerprint density at radius 1 is 0.677 bits per heavy atom. The van der Waals surface area contributed by atoms with Crippen molar-refractivity contribution in [3.63, 3.8) is 0 Å². The van der Waals surface area contributed by atoms with E-state index in [1.54, 1.807) is 39.2 Å². The zero-order valence-electron chi connectivity index (χ0n) is 36.8. The molecule has 0 aliphatic rings. The van der Waals surface area contributed by atoms with Crippen molar-refractivity contribution in [2.24, 2.45) is 0 Å². The third-order valence-electron chi connectivity index (χ3n) is 9.06. The van der Waals surface area contributed by atoms with Crippen LogP contribution in [0.5, 0.6) is 5.75 Å². The molecule has 0 aliphatic carbocycles. The van der Waals surface area contributed by atoms with Gasteiger partial charge >= 0.3 is 0 Å². The van der Waals surface area contributed by atoms with Crippen molar-refractivity contribution in [1.82, 2.24) is 21.1 Å². The molecule has 0 saturated heterocycles. The molecule has 5 N–H and O–H groups in total. The van der Waals surface area contributed by atoms with Crippen molar-refractivity contribution >= 4 is 48.7 Å². The summed E-state index contributed by atoms with van der Waals surface area (Å²) in [5.74, 6) is -3.94. The molecule has 1 unspecified atom stereocenters. The van der Waals surface area contributed by atoms with Gasteiger partial charge in [0.1, 0.15) is 42.4 Å². The molecule has 5 rings (SSSR count). The van der Waals surface area contributed by atoms with E-state index in [0.717, 1.165) is 52.8 Å². The second-order valence-corrected chi connectivity index (χ2v) is 14.2. The molecule has 65 heavy (non-hydrogen) atoms. The molecule has 5 aromatic rings. The molecule has 2 atom stereocenters. The van der Waals surface area contributed by atoms with Crippen LogP contribution in [-0.2, 0) is 49.7 Å². The van der Waals surface area contributed by atoms with Gasteiger partial charge in [0.2, 0.25) is 24.6 Å². The quantitative estimate of drug-likeness (QED) is 0.0365. The first-order valence-corrected chi connectivity index (χ1v) is 20.1. The molecule has 0 aromatic heterocycles. The molecule has 0 radical (unpaired) electrons. The third-order valence-corrected chi connectivity index (χ3v) is 9.06. The van der Waals surface area contributed by atoms with Gasteiger partial charge in [-0.05, 0) is 122 Å². The standard InChI is InChI=1S/C30H30F4N4O4.C9H11NO.C8H11NO.CH2O/c1-18(7-20-9-23(31)14-24(32)10-20)36-28(40)13-22-5-3-4-6-27(22)30(42)38(35-17-39)16-29(41)37-19(2)8-21-11-25(33)15-26(34)12-21;1-2-8-3-5-9(6-4-8)10-7-11;1-9-7-3-5-8(10-2)6-4-7;1-2/h3-6,9-12,14-15,17-19H,7-8,13,16H2,1-2H3,(H,35,39)(H,36,40)(H,37,41);3-7H,2H2,1H3,(H,10,11);3-6,9H,1-2H3;1H2/t18?,19-;;;/m1.../s1. The smallest absolute Gasteiger partial charge is 0.273 e. The third kappa shape index (κ3) is 20.0. The van der Waals surface area contributed by atoms with Gasteiger partial charge in [-0.3, -0.25) is 29.4 Å². The van der Waals surface area contributed by atoms with Crippen LogP contribution >= 0.6 is 0 Å². The van der Waals surface area contributed by atoms with Crippen LogP contribution in [0.4, 0.5) is 28.9 Å². The lowest BCUT2D eigenvalue weighted by Gasteiger charge is -2.23. The highest BCUT2D eigenvalue weighted by Gasteiger charge is 2.23. The Labute approximate surface area is 375 Å². The van der Waals surface area contributed by atoms with Gasteiger partial charge in [0.15, 0.2) is 0 Å². The monoisotopic (exact) mass is 902 g/mol. The lowest BCUT2D eigenvalue weighted by molar-refractivity contribution is -0.124. The molecule has 0 aliphatic heterocycles. The van der Waals surface area contributed by atoms with Crippen molar-refractivity contribution < 1.29 is 51.1 Å². The Kier molecular flexibility index (Phi) is 23.8. The van der Waals surface area contributed by atoms with Gasteiger partial charge < -0.3 is 30.8 Å². The van der Waals surface area contributed by atoms with Crippen LogP contribution in [-0.4, -0.2) is 75.1 Å². The van der Waals surface area contributed by atoms with Crippen LogP contribution in [0.3, 0.4) is 0 Å². The topological polar surface area (TPSA) is 175 Å². The number of rotatable bonds is 18. The Hall–Kier alpha value is -7.56. The fourth-order valence-corrected chi connectivity index (χ4v) is 6.16. The largest absolute Gasteiger partial charge is 0.497 e. The number of hydrogen-bond acceptors (Lipinski definition) is 8. The number of ether oxygens (including phenoxy) is 1. The van der Waals surface area contributed by atoms with Crippen LogP contribution in [0, 0.1) is 23.3 Å². The first kappa shape index (κ1) is 53.6. The molecule has 0 spiro atoms. The molecule has 0 bridgehead atoms. The number of anilines is 2. The summed E-state index contributed by atoms with van der Waals surface area (Å²) in [4.78, 5) is 67.9. The van der Waals surface area contributed by atoms with Crippen molar-refractivity contribution in [3.8, 4) is 5.75 Å². The molecular formula is C48H54F4N6O7. The number of methoxy groups -OCH3 is 1. The number of carbonyl (C=O) groups is 6. The van der Waals surface area contributed by atoms with Crippen molar-refractivity contribution in [1.29, 1.82) is 0 Å². The first-order valence-electron chi connectivity index (χ1n) is 20.1. The predicted molar refractivity (Wildman–Crippen MR) is 241 cm³/mol. The molecular weight excluding hydrogens is 849 g/mol. The highest BCUT2D eigenvalue weighted by atomic mass is 19.1. The SMILES string of the molecule is C=O.CC(Cc1cc(F)cc(F)c1)NC(=O)Cc1ccccc1C(=O)N(CC(=O)N[C@H](C)Cc1cc(F)cc(F)c1)NC=O.CCc1ccc(NC=O)cc1.CNc1ccc(OC)cc1. The lowest BCUT2D eigenvalue weighted by atomic mass is 10.0. The van der Waals surface area contributed by atoms with E-state index in [1.165, 1.54) is 23.8 Å². The number of aryl methyl sites for hydroxylation is 1. The van der Waals surface area contributed by atoms with Gasteiger partial charge in [0, 0.05) is 48.2 Å². The second kappa shape index (κ2) is 28.9. The summed E-state index contributed by atoms with van der Waals surface area (Å²) in [5.41, 5.74) is 6.45. The van der Waals surface area contributed by atoms with Gasteiger partial charge in [-0.1, -0.05) is 37.3 Å². The average Bonchev–Trinajstić information content (AvgIpc) is 3.27.